The smallest absolute Gasteiger partial charge is 0.356 e. The highest BCUT2D eigenvalue weighted by Gasteiger charge is 2.38. The van der Waals surface area contributed by atoms with Gasteiger partial charge in [-0.05, 0) is 57.2 Å². The number of pyridine rings is 1. The summed E-state index contributed by atoms with van der Waals surface area (Å²) in [5, 5.41) is 6.61. The first-order valence-electron chi connectivity index (χ1n) is 12.0. The molecule has 1 fully saturated rings. The maximum Gasteiger partial charge on any atom is 0.419 e. The maximum absolute atomic E-state index is 14.0. The zero-order valence-electron chi connectivity index (χ0n) is 20.1. The average Bonchev–Trinajstić information content (AvgIpc) is 3.19. The number of nitrogens with one attached hydrogen (secondary N) is 3. The van der Waals surface area contributed by atoms with E-state index in [4.69, 9.17) is 0 Å². The Bertz CT molecular complexity index is 1250. The van der Waals surface area contributed by atoms with Gasteiger partial charge in [0.2, 0.25) is 5.95 Å². The molecule has 1 amide bonds. The molecule has 5 rings (SSSR count). The highest BCUT2D eigenvalue weighted by atomic mass is 19.4. The van der Waals surface area contributed by atoms with Crippen LogP contribution in [0.4, 0.5) is 24.8 Å². The lowest BCUT2D eigenvalue weighted by Gasteiger charge is -2.36. The van der Waals surface area contributed by atoms with E-state index in [1.807, 2.05) is 0 Å². The fraction of sp³-hybridized carbons (Fsp3) is 0.440. The Morgan fingerprint density at radius 2 is 2.00 bits per heavy atom. The van der Waals surface area contributed by atoms with Gasteiger partial charge in [-0.2, -0.15) is 13.2 Å². The minimum absolute atomic E-state index is 0.00134. The summed E-state index contributed by atoms with van der Waals surface area (Å²) in [6, 6.07) is 3.47. The van der Waals surface area contributed by atoms with E-state index in [9.17, 15) is 18.0 Å². The zero-order valence-corrected chi connectivity index (χ0v) is 20.1. The van der Waals surface area contributed by atoms with Crippen molar-refractivity contribution in [1.82, 2.24) is 25.3 Å². The van der Waals surface area contributed by atoms with Crippen LogP contribution >= 0.6 is 0 Å². The normalized spacial score (nSPS) is 20.1. The second kappa shape index (κ2) is 9.20. The summed E-state index contributed by atoms with van der Waals surface area (Å²) in [5.74, 6) is -0.158. The first kappa shape index (κ1) is 24.2. The number of H-pyrrole nitrogens is 1. The van der Waals surface area contributed by atoms with Crippen LogP contribution in [-0.2, 0) is 12.6 Å². The third-order valence-electron chi connectivity index (χ3n) is 6.86. The van der Waals surface area contributed by atoms with Gasteiger partial charge in [-0.3, -0.25) is 9.78 Å². The summed E-state index contributed by atoms with van der Waals surface area (Å²) < 4.78 is 42.0. The molecule has 11 heteroatoms. The molecule has 1 unspecified atom stereocenters. The van der Waals surface area contributed by atoms with Crippen molar-refractivity contribution in [3.05, 3.63) is 53.7 Å². The van der Waals surface area contributed by atoms with Gasteiger partial charge in [0.15, 0.2) is 0 Å². The number of fused-ring (bicyclic) bond motifs is 1. The number of halogens is 3. The Morgan fingerprint density at radius 3 is 2.69 bits per heavy atom. The number of aromatic amines is 1. The Hall–Kier alpha value is -3.47. The summed E-state index contributed by atoms with van der Waals surface area (Å²) in [6.45, 7) is 5.33. The molecule has 0 aromatic carbocycles. The van der Waals surface area contributed by atoms with E-state index in [2.05, 4.69) is 44.4 Å². The van der Waals surface area contributed by atoms with Crippen molar-refractivity contribution in [3.63, 3.8) is 0 Å². The lowest BCUT2D eigenvalue weighted by Crippen LogP contribution is -2.50. The number of rotatable bonds is 4. The number of carbonyl (C=O) groups excluding carboxylic acids is 1. The molecule has 0 saturated carbocycles. The second-order valence-corrected chi connectivity index (χ2v) is 9.92. The van der Waals surface area contributed by atoms with Crippen LogP contribution < -0.4 is 15.5 Å². The van der Waals surface area contributed by atoms with Gasteiger partial charge in [0.05, 0.1) is 5.69 Å². The standard InChI is InChI=1S/C25H28F3N7O/c1-24(2)8-5-15(12-32-24)33-23-31-14-19(25(26,27)28)20(34-23)18-13-30-21-17(18)4-3-11-35(22(21)36)16-6-9-29-10-7-16/h6-7,9-10,13-15,30,32H,3-5,8,11-12H2,1-2H3,(H,31,33,34). The van der Waals surface area contributed by atoms with E-state index in [0.717, 1.165) is 19.0 Å². The molecule has 0 bridgehead atoms. The van der Waals surface area contributed by atoms with Gasteiger partial charge in [0.25, 0.3) is 5.91 Å². The summed E-state index contributed by atoms with van der Waals surface area (Å²) in [5.41, 5.74) is 0.631. The third kappa shape index (κ3) is 4.79. The summed E-state index contributed by atoms with van der Waals surface area (Å²) in [6.07, 6.45) is 3.62. The van der Waals surface area contributed by atoms with Crippen molar-refractivity contribution in [2.45, 2.75) is 57.3 Å². The van der Waals surface area contributed by atoms with E-state index in [1.165, 1.54) is 6.20 Å². The van der Waals surface area contributed by atoms with E-state index >= 15 is 0 Å². The number of hydrogen-bond acceptors (Lipinski definition) is 6. The zero-order chi connectivity index (χ0) is 25.5. The number of hydrogen-bond donors (Lipinski definition) is 3. The largest absolute Gasteiger partial charge is 0.419 e. The van der Waals surface area contributed by atoms with Crippen LogP contribution in [0.5, 0.6) is 0 Å². The molecule has 8 nitrogen and oxygen atoms in total. The van der Waals surface area contributed by atoms with E-state index in [1.54, 1.807) is 29.4 Å². The summed E-state index contributed by atoms with van der Waals surface area (Å²) >= 11 is 0. The average molecular weight is 500 g/mol. The van der Waals surface area contributed by atoms with Crippen molar-refractivity contribution in [3.8, 4) is 11.3 Å². The van der Waals surface area contributed by atoms with Crippen LogP contribution in [0.25, 0.3) is 11.3 Å². The first-order chi connectivity index (χ1) is 17.1. The number of amides is 1. The van der Waals surface area contributed by atoms with E-state index in [0.29, 0.717) is 37.2 Å². The quantitative estimate of drug-likeness (QED) is 0.492. The second-order valence-electron chi connectivity index (χ2n) is 9.92. The van der Waals surface area contributed by atoms with Gasteiger partial charge in [-0.1, -0.05) is 0 Å². The van der Waals surface area contributed by atoms with Gasteiger partial charge < -0.3 is 20.5 Å². The molecule has 3 N–H and O–H groups in total. The predicted octanol–water partition coefficient (Wildman–Crippen LogP) is 4.42. The van der Waals surface area contributed by atoms with E-state index < -0.39 is 11.7 Å². The minimum Gasteiger partial charge on any atom is -0.356 e. The first-order valence-corrected chi connectivity index (χ1v) is 12.0. The Labute approximate surface area is 206 Å². The molecular weight excluding hydrogens is 471 g/mol. The number of piperidine rings is 1. The minimum atomic E-state index is -4.65. The van der Waals surface area contributed by atoms with Crippen LogP contribution in [-0.4, -0.2) is 50.5 Å². The van der Waals surface area contributed by atoms with Crippen molar-refractivity contribution in [2.24, 2.45) is 0 Å². The summed E-state index contributed by atoms with van der Waals surface area (Å²) in [7, 11) is 0. The number of alkyl halides is 3. The Morgan fingerprint density at radius 1 is 1.22 bits per heavy atom. The molecule has 3 aromatic heterocycles. The summed E-state index contributed by atoms with van der Waals surface area (Å²) in [4.78, 5) is 30.2. The van der Waals surface area contributed by atoms with Crippen LogP contribution in [0, 0.1) is 0 Å². The molecule has 0 aliphatic carbocycles. The maximum atomic E-state index is 14.0. The molecule has 0 radical (unpaired) electrons. The van der Waals surface area contributed by atoms with Crippen molar-refractivity contribution < 1.29 is 18.0 Å². The topological polar surface area (TPSA) is 98.8 Å². The number of nitrogens with zero attached hydrogens (tertiary/aromatic N) is 4. The van der Waals surface area contributed by atoms with Gasteiger partial charge in [-0.15, -0.1) is 0 Å². The number of anilines is 2. The SMILES string of the molecule is CC1(C)CCC(Nc2ncc(C(F)(F)F)c(-c3c[nH]c4c3CCCN(c3ccncc3)C4=O)n2)CN1. The monoisotopic (exact) mass is 499 g/mol. The number of aromatic nitrogens is 4. The third-order valence-corrected chi connectivity index (χ3v) is 6.86. The fourth-order valence-corrected chi connectivity index (χ4v) is 4.83. The van der Waals surface area contributed by atoms with Crippen LogP contribution in [0.2, 0.25) is 0 Å². The molecule has 2 aliphatic heterocycles. The highest BCUT2D eigenvalue weighted by molar-refractivity contribution is 6.07. The van der Waals surface area contributed by atoms with E-state index in [-0.39, 0.29) is 40.4 Å². The Kier molecular flexibility index (Phi) is 6.19. The molecule has 190 valence electrons. The molecule has 2 aliphatic rings. The fourth-order valence-electron chi connectivity index (χ4n) is 4.83. The van der Waals surface area contributed by atoms with Gasteiger partial charge >= 0.3 is 6.18 Å². The van der Waals surface area contributed by atoms with Crippen LogP contribution in [0.3, 0.4) is 0 Å². The van der Waals surface area contributed by atoms with Crippen LogP contribution in [0.1, 0.15) is 54.7 Å². The van der Waals surface area contributed by atoms with Crippen LogP contribution in [0.15, 0.2) is 36.9 Å². The molecule has 5 heterocycles. The van der Waals surface area contributed by atoms with Gasteiger partial charge in [0.1, 0.15) is 11.3 Å². The predicted molar refractivity (Wildman–Crippen MR) is 130 cm³/mol. The van der Waals surface area contributed by atoms with Crippen molar-refractivity contribution in [1.29, 1.82) is 0 Å². The molecule has 0 spiro atoms. The van der Waals surface area contributed by atoms with Gasteiger partial charge in [-0.25, -0.2) is 9.97 Å². The number of carbonyl (C=O) groups is 1. The molecule has 36 heavy (non-hydrogen) atoms. The molecule has 1 atom stereocenters. The lowest BCUT2D eigenvalue weighted by molar-refractivity contribution is -0.137. The van der Waals surface area contributed by atoms with Gasteiger partial charge in [0, 0.05) is 60.7 Å². The van der Waals surface area contributed by atoms with Crippen molar-refractivity contribution in [2.75, 3.05) is 23.3 Å². The molecular formula is C25H28F3N7O. The van der Waals surface area contributed by atoms with Crippen molar-refractivity contribution >= 4 is 17.5 Å². The molecule has 3 aromatic rings. The highest BCUT2D eigenvalue weighted by Crippen LogP contribution is 2.39. The lowest BCUT2D eigenvalue weighted by atomic mass is 9.91. The molecule has 1 saturated heterocycles. The Balaban J connectivity index is 1.50.